The lowest BCUT2D eigenvalue weighted by Gasteiger charge is -2.04. The average molecular weight is 296 g/mol. The van der Waals surface area contributed by atoms with Crippen LogP contribution in [0, 0.1) is 11.6 Å². The van der Waals surface area contributed by atoms with Crippen molar-refractivity contribution in [3.05, 3.63) is 35.4 Å². The van der Waals surface area contributed by atoms with Crippen molar-refractivity contribution in [2.45, 2.75) is 23.7 Å². The van der Waals surface area contributed by atoms with Crippen molar-refractivity contribution in [1.82, 2.24) is 0 Å². The number of aryl methyl sites for hydroxylation is 1. The second-order valence-electron chi connectivity index (χ2n) is 3.06. The van der Waals surface area contributed by atoms with Crippen LogP contribution in [0.5, 0.6) is 0 Å². The third-order valence-corrected chi connectivity index (χ3v) is 2.45. The number of rotatable bonds is 3. The lowest BCUT2D eigenvalue weighted by molar-refractivity contribution is 0.569. The first kappa shape index (κ1) is 10.9. The van der Waals surface area contributed by atoms with Crippen molar-refractivity contribution in [2.24, 2.45) is 0 Å². The van der Waals surface area contributed by atoms with Crippen molar-refractivity contribution < 1.29 is 8.78 Å². The minimum Gasteiger partial charge on any atom is -0.207 e. The summed E-state index contributed by atoms with van der Waals surface area (Å²) in [5, 5.41) is 0. The fourth-order valence-corrected chi connectivity index (χ4v) is 1.39. The van der Waals surface area contributed by atoms with Gasteiger partial charge in [-0.25, -0.2) is 8.78 Å². The van der Waals surface area contributed by atoms with E-state index in [-0.39, 0.29) is 0 Å². The molecular formula is C10H11F2I. The van der Waals surface area contributed by atoms with E-state index in [1.54, 1.807) is 0 Å². The summed E-state index contributed by atoms with van der Waals surface area (Å²) in [6, 6.07) is 3.76. The maximum absolute atomic E-state index is 13.1. The highest BCUT2D eigenvalue weighted by Crippen LogP contribution is 2.14. The first-order valence-corrected chi connectivity index (χ1v) is 5.42. The molecule has 1 rings (SSSR count). The van der Waals surface area contributed by atoms with Gasteiger partial charge in [0.05, 0.1) is 0 Å². The molecule has 3 heteroatoms. The van der Waals surface area contributed by atoms with Crippen LogP contribution >= 0.6 is 22.6 Å². The smallest absolute Gasteiger partial charge is 0.129 e. The minimum atomic E-state index is -0.510. The van der Waals surface area contributed by atoms with E-state index in [0.29, 0.717) is 15.9 Å². The molecule has 0 nitrogen and oxygen atoms in total. The molecule has 1 unspecified atom stereocenters. The Morgan fingerprint density at radius 2 is 2.08 bits per heavy atom. The summed E-state index contributed by atoms with van der Waals surface area (Å²) in [5.41, 5.74) is 0.602. The summed E-state index contributed by atoms with van der Waals surface area (Å²) in [7, 11) is 0. The number of hydrogen-bond acceptors (Lipinski definition) is 0. The Morgan fingerprint density at radius 3 is 2.62 bits per heavy atom. The van der Waals surface area contributed by atoms with Crippen LogP contribution in [0.25, 0.3) is 0 Å². The van der Waals surface area contributed by atoms with E-state index in [2.05, 4.69) is 29.5 Å². The zero-order chi connectivity index (χ0) is 9.84. The standard InChI is InChI=1S/C10H11F2I/c1-7(13)2-3-8-4-5-9(11)6-10(8)12/h4-7H,2-3H2,1H3. The van der Waals surface area contributed by atoms with E-state index < -0.39 is 11.6 Å². The molecule has 0 heterocycles. The Hall–Kier alpha value is -0.190. The molecule has 0 radical (unpaired) electrons. The van der Waals surface area contributed by atoms with Gasteiger partial charge in [-0.05, 0) is 24.5 Å². The summed E-state index contributed by atoms with van der Waals surface area (Å²) >= 11 is 2.29. The molecule has 1 aromatic carbocycles. The Kier molecular flexibility index (Phi) is 4.09. The molecule has 0 aromatic heterocycles. The SMILES string of the molecule is CC(I)CCc1ccc(F)cc1F. The third-order valence-electron chi connectivity index (χ3n) is 1.83. The van der Waals surface area contributed by atoms with Gasteiger partial charge >= 0.3 is 0 Å². The molecular weight excluding hydrogens is 285 g/mol. The maximum atomic E-state index is 13.1. The molecule has 0 bridgehead atoms. The molecule has 72 valence electrons. The number of benzene rings is 1. The van der Waals surface area contributed by atoms with E-state index >= 15 is 0 Å². The third kappa shape index (κ3) is 3.58. The molecule has 1 atom stereocenters. The molecule has 0 aliphatic carbocycles. The summed E-state index contributed by atoms with van der Waals surface area (Å²) in [5.74, 6) is -0.944. The Balaban J connectivity index is 2.67. The van der Waals surface area contributed by atoms with Gasteiger partial charge in [0.25, 0.3) is 0 Å². The van der Waals surface area contributed by atoms with Crippen molar-refractivity contribution in [2.75, 3.05) is 0 Å². The molecule has 0 fully saturated rings. The first-order valence-electron chi connectivity index (χ1n) is 4.17. The Bertz CT molecular complexity index is 284. The summed E-state index contributed by atoms with van der Waals surface area (Å²) in [4.78, 5) is 0. The molecule has 0 saturated carbocycles. The van der Waals surface area contributed by atoms with E-state index in [0.717, 1.165) is 12.5 Å². The van der Waals surface area contributed by atoms with Gasteiger partial charge in [-0.3, -0.25) is 0 Å². The van der Waals surface area contributed by atoms with Crippen molar-refractivity contribution >= 4 is 22.6 Å². The fraction of sp³-hybridized carbons (Fsp3) is 0.400. The largest absolute Gasteiger partial charge is 0.207 e. The molecule has 1 aromatic rings. The van der Waals surface area contributed by atoms with Gasteiger partial charge in [0.2, 0.25) is 0 Å². The zero-order valence-electron chi connectivity index (χ0n) is 7.36. The van der Waals surface area contributed by atoms with Crippen LogP contribution in [-0.2, 0) is 6.42 Å². The van der Waals surface area contributed by atoms with Crippen LogP contribution in [0.4, 0.5) is 8.78 Å². The second kappa shape index (κ2) is 4.88. The van der Waals surface area contributed by atoms with Crippen LogP contribution in [0.2, 0.25) is 0 Å². The van der Waals surface area contributed by atoms with Crippen LogP contribution < -0.4 is 0 Å². The Morgan fingerprint density at radius 1 is 1.38 bits per heavy atom. The maximum Gasteiger partial charge on any atom is 0.129 e. The molecule has 0 spiro atoms. The predicted molar refractivity (Wildman–Crippen MR) is 58.2 cm³/mol. The van der Waals surface area contributed by atoms with Gasteiger partial charge in [-0.1, -0.05) is 35.6 Å². The molecule has 0 aliphatic heterocycles. The topological polar surface area (TPSA) is 0 Å². The predicted octanol–water partition coefficient (Wildman–Crippen LogP) is 3.72. The average Bonchev–Trinajstić information content (AvgIpc) is 2.02. The summed E-state index contributed by atoms with van der Waals surface area (Å²) in [6.07, 6.45) is 1.60. The zero-order valence-corrected chi connectivity index (χ0v) is 9.52. The van der Waals surface area contributed by atoms with Gasteiger partial charge in [-0.15, -0.1) is 0 Å². The highest BCUT2D eigenvalue weighted by atomic mass is 127. The number of hydrogen-bond donors (Lipinski definition) is 0. The molecule has 0 saturated heterocycles. The summed E-state index contributed by atoms with van der Waals surface area (Å²) < 4.78 is 26.1. The van der Waals surface area contributed by atoms with E-state index in [1.807, 2.05) is 0 Å². The lowest BCUT2D eigenvalue weighted by Crippen LogP contribution is -1.97. The Labute approximate surface area is 90.5 Å². The second-order valence-corrected chi connectivity index (χ2v) is 5.18. The number of alkyl halides is 1. The minimum absolute atomic E-state index is 0.433. The van der Waals surface area contributed by atoms with Gasteiger partial charge in [0.1, 0.15) is 11.6 Å². The van der Waals surface area contributed by atoms with E-state index in [1.165, 1.54) is 12.1 Å². The van der Waals surface area contributed by atoms with Crippen LogP contribution in [0.15, 0.2) is 18.2 Å². The fourth-order valence-electron chi connectivity index (χ4n) is 1.08. The lowest BCUT2D eigenvalue weighted by atomic mass is 10.1. The van der Waals surface area contributed by atoms with Gasteiger partial charge < -0.3 is 0 Å². The van der Waals surface area contributed by atoms with Crippen LogP contribution in [0.1, 0.15) is 18.9 Å². The first-order chi connectivity index (χ1) is 6.09. The van der Waals surface area contributed by atoms with Crippen molar-refractivity contribution in [3.63, 3.8) is 0 Å². The van der Waals surface area contributed by atoms with Gasteiger partial charge in [-0.2, -0.15) is 0 Å². The highest BCUT2D eigenvalue weighted by Gasteiger charge is 2.04. The molecule has 0 aliphatic rings. The monoisotopic (exact) mass is 296 g/mol. The molecule has 13 heavy (non-hydrogen) atoms. The van der Waals surface area contributed by atoms with Crippen LogP contribution in [-0.4, -0.2) is 3.92 Å². The quantitative estimate of drug-likeness (QED) is 0.589. The van der Waals surface area contributed by atoms with Crippen LogP contribution in [0.3, 0.4) is 0 Å². The highest BCUT2D eigenvalue weighted by molar-refractivity contribution is 14.1. The summed E-state index contributed by atoms with van der Waals surface area (Å²) in [6.45, 7) is 2.07. The molecule has 0 amide bonds. The van der Waals surface area contributed by atoms with Gasteiger partial charge in [0.15, 0.2) is 0 Å². The molecule has 0 N–H and O–H groups in total. The van der Waals surface area contributed by atoms with Crippen molar-refractivity contribution in [1.29, 1.82) is 0 Å². The van der Waals surface area contributed by atoms with E-state index in [9.17, 15) is 8.78 Å². The normalized spacial score (nSPS) is 12.9. The number of halogens is 3. The van der Waals surface area contributed by atoms with Gasteiger partial charge in [0, 0.05) is 9.99 Å². The van der Waals surface area contributed by atoms with E-state index in [4.69, 9.17) is 0 Å². The van der Waals surface area contributed by atoms with Crippen molar-refractivity contribution in [3.8, 4) is 0 Å².